The Balaban J connectivity index is 2.86. The summed E-state index contributed by atoms with van der Waals surface area (Å²) in [6.45, 7) is 2.84. The number of benzene rings is 1. The molecular formula is C10H14ClN3. The third kappa shape index (κ3) is 2.92. The molecule has 1 aromatic carbocycles. The van der Waals surface area contributed by atoms with Gasteiger partial charge in [-0.05, 0) is 25.1 Å². The third-order valence-electron chi connectivity index (χ3n) is 1.92. The highest BCUT2D eigenvalue weighted by Crippen LogP contribution is 2.17. The topological polar surface area (TPSA) is 41.6 Å². The Morgan fingerprint density at radius 3 is 2.86 bits per heavy atom. The molecule has 0 radical (unpaired) electrons. The molecule has 0 fully saturated rings. The second-order valence-electron chi connectivity index (χ2n) is 2.96. The minimum atomic E-state index is 0.495. The van der Waals surface area contributed by atoms with E-state index in [9.17, 15) is 0 Å². The van der Waals surface area contributed by atoms with Crippen LogP contribution in [0.3, 0.4) is 0 Å². The molecule has 1 rings (SSSR count). The smallest absolute Gasteiger partial charge is 0.196 e. The van der Waals surface area contributed by atoms with Crippen molar-refractivity contribution in [2.75, 3.05) is 13.6 Å². The summed E-state index contributed by atoms with van der Waals surface area (Å²) in [5.74, 6) is 0.495. The second-order valence-corrected chi connectivity index (χ2v) is 3.40. The maximum atomic E-state index is 5.82. The molecule has 4 heteroatoms. The maximum Gasteiger partial charge on any atom is 0.196 e. The largest absolute Gasteiger partial charge is 0.369 e. The van der Waals surface area contributed by atoms with E-state index in [0.29, 0.717) is 11.0 Å². The van der Waals surface area contributed by atoms with Crippen LogP contribution in [0.15, 0.2) is 29.3 Å². The van der Waals surface area contributed by atoms with Crippen LogP contribution in [-0.2, 0) is 0 Å². The third-order valence-corrected chi connectivity index (χ3v) is 2.15. The second kappa shape index (κ2) is 4.86. The van der Waals surface area contributed by atoms with Crippen LogP contribution in [0.4, 0.5) is 5.69 Å². The molecule has 0 unspecified atom stereocenters. The molecule has 0 amide bonds. The summed E-state index contributed by atoms with van der Waals surface area (Å²) >= 11 is 5.82. The van der Waals surface area contributed by atoms with Crippen LogP contribution in [0.2, 0.25) is 5.02 Å². The van der Waals surface area contributed by atoms with Crippen molar-refractivity contribution in [3.8, 4) is 0 Å². The maximum absolute atomic E-state index is 5.82. The van der Waals surface area contributed by atoms with Crippen molar-refractivity contribution in [3.05, 3.63) is 29.3 Å². The molecule has 14 heavy (non-hydrogen) atoms. The van der Waals surface area contributed by atoms with Gasteiger partial charge in [-0.1, -0.05) is 17.7 Å². The van der Waals surface area contributed by atoms with Gasteiger partial charge < -0.3 is 10.6 Å². The van der Waals surface area contributed by atoms with E-state index < -0.39 is 0 Å². The Morgan fingerprint density at radius 2 is 2.29 bits per heavy atom. The molecule has 0 aromatic heterocycles. The number of halogens is 1. The van der Waals surface area contributed by atoms with Gasteiger partial charge in [-0.3, -0.25) is 0 Å². The molecule has 0 saturated carbocycles. The fraction of sp³-hybridized carbons (Fsp3) is 0.300. The van der Waals surface area contributed by atoms with Crippen LogP contribution in [0, 0.1) is 0 Å². The summed E-state index contributed by atoms with van der Waals surface area (Å²) in [6, 6.07) is 7.29. The summed E-state index contributed by atoms with van der Waals surface area (Å²) in [5.41, 5.74) is 6.52. The molecule has 0 spiro atoms. The molecule has 0 atom stereocenters. The van der Waals surface area contributed by atoms with E-state index in [1.807, 2.05) is 31.0 Å². The van der Waals surface area contributed by atoms with E-state index in [-0.39, 0.29) is 0 Å². The van der Waals surface area contributed by atoms with Crippen molar-refractivity contribution in [3.63, 3.8) is 0 Å². The van der Waals surface area contributed by atoms with Gasteiger partial charge in [0.05, 0.1) is 5.69 Å². The van der Waals surface area contributed by atoms with Crippen molar-refractivity contribution in [2.24, 2.45) is 10.7 Å². The van der Waals surface area contributed by atoms with E-state index in [2.05, 4.69) is 4.99 Å². The molecule has 0 heterocycles. The number of aliphatic imine (C=N–C) groups is 1. The Bertz CT molecular complexity index is 336. The summed E-state index contributed by atoms with van der Waals surface area (Å²) in [4.78, 5) is 6.09. The van der Waals surface area contributed by atoms with Crippen molar-refractivity contribution < 1.29 is 0 Å². The first-order valence-corrected chi connectivity index (χ1v) is 4.82. The van der Waals surface area contributed by atoms with Crippen molar-refractivity contribution in [2.45, 2.75) is 6.92 Å². The van der Waals surface area contributed by atoms with Crippen molar-refractivity contribution >= 4 is 23.2 Å². The minimum absolute atomic E-state index is 0.495. The van der Waals surface area contributed by atoms with E-state index in [1.165, 1.54) is 0 Å². The average molecular weight is 212 g/mol. The Hall–Kier alpha value is -1.22. The van der Waals surface area contributed by atoms with Crippen LogP contribution >= 0.6 is 11.6 Å². The van der Waals surface area contributed by atoms with Crippen LogP contribution in [0.5, 0.6) is 0 Å². The predicted molar refractivity (Wildman–Crippen MR) is 61.0 cm³/mol. The molecule has 0 bridgehead atoms. The lowest BCUT2D eigenvalue weighted by Gasteiger charge is -2.14. The van der Waals surface area contributed by atoms with Crippen molar-refractivity contribution in [1.29, 1.82) is 0 Å². The highest BCUT2D eigenvalue weighted by Gasteiger charge is 1.98. The van der Waals surface area contributed by atoms with E-state index in [4.69, 9.17) is 17.3 Å². The molecule has 0 aliphatic carbocycles. The van der Waals surface area contributed by atoms with Crippen molar-refractivity contribution in [1.82, 2.24) is 4.90 Å². The van der Waals surface area contributed by atoms with Crippen LogP contribution in [0.25, 0.3) is 0 Å². The van der Waals surface area contributed by atoms with Gasteiger partial charge in [0.1, 0.15) is 0 Å². The molecule has 0 aliphatic heterocycles. The molecule has 0 aliphatic rings. The first kappa shape index (κ1) is 10.9. The standard InChI is InChI=1S/C10H14ClN3/c1-3-14(2)10(12)13-9-6-4-5-8(11)7-9/h4-7H,3H2,1-2H3,(H2,12,13). The molecule has 2 N–H and O–H groups in total. The SMILES string of the molecule is CCN(C)C(N)=Nc1cccc(Cl)c1. The van der Waals surface area contributed by atoms with Gasteiger partial charge in [-0.2, -0.15) is 0 Å². The minimum Gasteiger partial charge on any atom is -0.369 e. The normalized spacial score (nSPS) is 11.5. The van der Waals surface area contributed by atoms with Gasteiger partial charge >= 0.3 is 0 Å². The lowest BCUT2D eigenvalue weighted by Crippen LogP contribution is -2.33. The van der Waals surface area contributed by atoms with E-state index >= 15 is 0 Å². The first-order valence-electron chi connectivity index (χ1n) is 4.44. The van der Waals surface area contributed by atoms with Gasteiger partial charge in [0.25, 0.3) is 0 Å². The van der Waals surface area contributed by atoms with Gasteiger partial charge in [-0.15, -0.1) is 0 Å². The number of hydrogen-bond acceptors (Lipinski definition) is 1. The summed E-state index contributed by atoms with van der Waals surface area (Å²) < 4.78 is 0. The number of nitrogens with zero attached hydrogens (tertiary/aromatic N) is 2. The fourth-order valence-electron chi connectivity index (χ4n) is 0.925. The molecule has 0 saturated heterocycles. The van der Waals surface area contributed by atoms with Crippen LogP contribution in [-0.4, -0.2) is 24.5 Å². The Kier molecular flexibility index (Phi) is 3.77. The zero-order valence-corrected chi connectivity index (χ0v) is 9.12. The summed E-state index contributed by atoms with van der Waals surface area (Å²) in [5, 5.41) is 0.665. The zero-order valence-electron chi connectivity index (χ0n) is 8.37. The molecule has 3 nitrogen and oxygen atoms in total. The monoisotopic (exact) mass is 211 g/mol. The molecule has 76 valence electrons. The number of hydrogen-bond donors (Lipinski definition) is 1. The van der Waals surface area contributed by atoms with Gasteiger partial charge in [0, 0.05) is 18.6 Å². The van der Waals surface area contributed by atoms with Gasteiger partial charge in [0.15, 0.2) is 5.96 Å². The summed E-state index contributed by atoms with van der Waals surface area (Å²) in [7, 11) is 1.89. The first-order chi connectivity index (χ1) is 6.63. The molecule has 1 aromatic rings. The Morgan fingerprint density at radius 1 is 1.57 bits per heavy atom. The summed E-state index contributed by atoms with van der Waals surface area (Å²) in [6.07, 6.45) is 0. The number of rotatable bonds is 2. The van der Waals surface area contributed by atoms with Gasteiger partial charge in [0.2, 0.25) is 0 Å². The zero-order chi connectivity index (χ0) is 10.6. The average Bonchev–Trinajstić information content (AvgIpc) is 2.16. The van der Waals surface area contributed by atoms with Crippen LogP contribution in [0.1, 0.15) is 6.92 Å². The fourth-order valence-corrected chi connectivity index (χ4v) is 1.11. The number of guanidine groups is 1. The highest BCUT2D eigenvalue weighted by atomic mass is 35.5. The van der Waals surface area contributed by atoms with Gasteiger partial charge in [-0.25, -0.2) is 4.99 Å². The van der Waals surface area contributed by atoms with E-state index in [1.54, 1.807) is 12.1 Å². The lowest BCUT2D eigenvalue weighted by molar-refractivity contribution is 0.529. The quantitative estimate of drug-likeness (QED) is 0.602. The molecular weight excluding hydrogens is 198 g/mol. The Labute approximate surface area is 89.2 Å². The lowest BCUT2D eigenvalue weighted by atomic mass is 10.3. The predicted octanol–water partition coefficient (Wildman–Crippen LogP) is 2.24. The van der Waals surface area contributed by atoms with Crippen LogP contribution < -0.4 is 5.73 Å². The number of nitrogens with two attached hydrogens (primary N) is 1. The van der Waals surface area contributed by atoms with E-state index in [0.717, 1.165) is 12.2 Å². The highest BCUT2D eigenvalue weighted by molar-refractivity contribution is 6.30.